The second-order valence-corrected chi connectivity index (χ2v) is 7.54. The fourth-order valence-corrected chi connectivity index (χ4v) is 3.96. The van der Waals surface area contributed by atoms with Crippen LogP contribution in [0.4, 0.5) is 5.69 Å². The third-order valence-corrected chi connectivity index (χ3v) is 5.47. The number of amides is 1. The highest BCUT2D eigenvalue weighted by atomic mass is 16.3. The van der Waals surface area contributed by atoms with Crippen molar-refractivity contribution in [1.82, 2.24) is 14.9 Å². The number of anilines is 1. The van der Waals surface area contributed by atoms with E-state index in [0.717, 1.165) is 53.8 Å². The van der Waals surface area contributed by atoms with Crippen molar-refractivity contribution in [2.75, 3.05) is 11.9 Å². The lowest BCUT2D eigenvalue weighted by Gasteiger charge is -2.23. The molecule has 3 heterocycles. The first-order valence-corrected chi connectivity index (χ1v) is 10.2. The Morgan fingerprint density at radius 1 is 1.10 bits per heavy atom. The van der Waals surface area contributed by atoms with Gasteiger partial charge in [0, 0.05) is 30.2 Å². The molecule has 6 nitrogen and oxygen atoms in total. The van der Waals surface area contributed by atoms with Gasteiger partial charge < -0.3 is 9.73 Å². The summed E-state index contributed by atoms with van der Waals surface area (Å²) in [6.07, 6.45) is 5.52. The number of pyridine rings is 1. The summed E-state index contributed by atoms with van der Waals surface area (Å²) in [5.41, 5.74) is 4.37. The molecule has 0 bridgehead atoms. The summed E-state index contributed by atoms with van der Waals surface area (Å²) >= 11 is 0. The molecule has 1 saturated heterocycles. The van der Waals surface area contributed by atoms with E-state index < -0.39 is 0 Å². The number of benzene rings is 2. The molecule has 30 heavy (non-hydrogen) atoms. The van der Waals surface area contributed by atoms with Crippen LogP contribution in [0.5, 0.6) is 0 Å². The minimum Gasteiger partial charge on any atom is -0.436 e. The highest BCUT2D eigenvalue weighted by Crippen LogP contribution is 2.26. The SMILES string of the molecule is O=C(Nc1ccc(-c2nc3ccccc3o2)cc1)C1CCCN1Cc1cccnc1. The summed E-state index contributed by atoms with van der Waals surface area (Å²) < 4.78 is 5.82. The van der Waals surface area contributed by atoms with E-state index in [1.54, 1.807) is 6.20 Å². The van der Waals surface area contributed by atoms with E-state index in [1.165, 1.54) is 0 Å². The lowest BCUT2D eigenvalue weighted by molar-refractivity contribution is -0.120. The Balaban J connectivity index is 1.26. The van der Waals surface area contributed by atoms with Crippen molar-refractivity contribution in [3.63, 3.8) is 0 Å². The molecule has 150 valence electrons. The van der Waals surface area contributed by atoms with E-state index in [4.69, 9.17) is 4.42 Å². The van der Waals surface area contributed by atoms with Crippen molar-refractivity contribution in [3.8, 4) is 11.5 Å². The number of rotatable bonds is 5. The van der Waals surface area contributed by atoms with Crippen molar-refractivity contribution >= 4 is 22.7 Å². The van der Waals surface area contributed by atoms with Gasteiger partial charge in [0.15, 0.2) is 5.58 Å². The van der Waals surface area contributed by atoms with Crippen LogP contribution in [-0.4, -0.2) is 33.4 Å². The van der Waals surface area contributed by atoms with E-state index >= 15 is 0 Å². The maximum Gasteiger partial charge on any atom is 0.241 e. The van der Waals surface area contributed by atoms with Crippen molar-refractivity contribution in [2.45, 2.75) is 25.4 Å². The van der Waals surface area contributed by atoms with Gasteiger partial charge in [0.25, 0.3) is 0 Å². The predicted molar refractivity (Wildman–Crippen MR) is 116 cm³/mol. The average molecular weight is 398 g/mol. The van der Waals surface area contributed by atoms with Crippen molar-refractivity contribution in [2.24, 2.45) is 0 Å². The summed E-state index contributed by atoms with van der Waals surface area (Å²) in [5, 5.41) is 3.06. The number of aromatic nitrogens is 2. The fourth-order valence-electron chi connectivity index (χ4n) is 3.96. The van der Waals surface area contributed by atoms with Gasteiger partial charge in [0.1, 0.15) is 5.52 Å². The van der Waals surface area contributed by atoms with E-state index in [1.807, 2.05) is 66.9 Å². The highest BCUT2D eigenvalue weighted by Gasteiger charge is 2.30. The topological polar surface area (TPSA) is 71.3 Å². The van der Waals surface area contributed by atoms with Crippen LogP contribution in [0.1, 0.15) is 18.4 Å². The number of fused-ring (bicyclic) bond motifs is 1. The van der Waals surface area contributed by atoms with E-state index in [0.29, 0.717) is 5.89 Å². The van der Waals surface area contributed by atoms with Gasteiger partial charge in [-0.1, -0.05) is 18.2 Å². The molecule has 1 N–H and O–H groups in total. The van der Waals surface area contributed by atoms with E-state index in [2.05, 4.69) is 20.2 Å². The first-order valence-electron chi connectivity index (χ1n) is 10.2. The number of para-hydroxylation sites is 2. The van der Waals surface area contributed by atoms with Gasteiger partial charge in [-0.2, -0.15) is 0 Å². The van der Waals surface area contributed by atoms with Crippen molar-refractivity contribution < 1.29 is 9.21 Å². The first kappa shape index (κ1) is 18.5. The maximum absolute atomic E-state index is 12.9. The van der Waals surface area contributed by atoms with Crippen molar-refractivity contribution in [3.05, 3.63) is 78.6 Å². The zero-order valence-electron chi connectivity index (χ0n) is 16.5. The molecule has 1 aliphatic heterocycles. The number of hydrogen-bond acceptors (Lipinski definition) is 5. The Kier molecular flexibility index (Phi) is 4.99. The molecule has 2 aromatic heterocycles. The molecule has 1 unspecified atom stereocenters. The second kappa shape index (κ2) is 8.08. The third kappa shape index (κ3) is 3.82. The summed E-state index contributed by atoms with van der Waals surface area (Å²) in [4.78, 5) is 23.8. The normalized spacial score (nSPS) is 16.7. The Bertz CT molecular complexity index is 1120. The van der Waals surface area contributed by atoms with Gasteiger partial charge in [0.05, 0.1) is 6.04 Å². The van der Waals surface area contributed by atoms with E-state index in [-0.39, 0.29) is 11.9 Å². The molecule has 0 radical (unpaired) electrons. The molecule has 1 atom stereocenters. The van der Waals surface area contributed by atoms with Crippen LogP contribution in [-0.2, 0) is 11.3 Å². The number of nitrogens with zero attached hydrogens (tertiary/aromatic N) is 3. The van der Waals surface area contributed by atoms with Gasteiger partial charge >= 0.3 is 0 Å². The maximum atomic E-state index is 12.9. The molecule has 1 fully saturated rings. The average Bonchev–Trinajstić information content (AvgIpc) is 3.42. The molecule has 0 aliphatic carbocycles. The number of likely N-dealkylation sites (tertiary alicyclic amines) is 1. The Morgan fingerprint density at radius 3 is 2.77 bits per heavy atom. The first-order chi connectivity index (χ1) is 14.8. The molecule has 1 amide bonds. The largest absolute Gasteiger partial charge is 0.436 e. The standard InChI is InChI=1S/C24H22N4O2/c29-23(21-7-4-14-28(21)16-17-5-3-13-25-15-17)26-19-11-9-18(10-12-19)24-27-20-6-1-2-8-22(20)30-24/h1-3,5-6,8-13,15,21H,4,7,14,16H2,(H,26,29). The van der Waals surface area contributed by atoms with Gasteiger partial charge in [-0.25, -0.2) is 4.98 Å². The van der Waals surface area contributed by atoms with Gasteiger partial charge in [0.2, 0.25) is 11.8 Å². The Morgan fingerprint density at radius 2 is 1.97 bits per heavy atom. The lowest BCUT2D eigenvalue weighted by atomic mass is 10.1. The summed E-state index contributed by atoms with van der Waals surface area (Å²) in [6, 6.07) is 19.2. The quantitative estimate of drug-likeness (QED) is 0.536. The van der Waals surface area contributed by atoms with Gasteiger partial charge in [-0.05, 0) is 67.4 Å². The number of carbonyl (C=O) groups excluding carboxylic acids is 1. The van der Waals surface area contributed by atoms with Gasteiger partial charge in [-0.15, -0.1) is 0 Å². The Labute approximate surface area is 174 Å². The van der Waals surface area contributed by atoms with Crippen molar-refractivity contribution in [1.29, 1.82) is 0 Å². The molecule has 0 spiro atoms. The Hall–Kier alpha value is -3.51. The van der Waals surface area contributed by atoms with Crippen LogP contribution in [0.3, 0.4) is 0 Å². The minimum atomic E-state index is -0.123. The predicted octanol–water partition coefficient (Wildman–Crippen LogP) is 4.49. The lowest BCUT2D eigenvalue weighted by Crippen LogP contribution is -2.39. The molecule has 1 aliphatic rings. The number of oxazole rings is 1. The minimum absolute atomic E-state index is 0.0333. The number of carbonyl (C=O) groups is 1. The third-order valence-electron chi connectivity index (χ3n) is 5.47. The van der Waals surface area contributed by atoms with Crippen LogP contribution >= 0.6 is 0 Å². The number of hydrogen-bond donors (Lipinski definition) is 1. The molecule has 2 aromatic carbocycles. The molecule has 4 aromatic rings. The van der Waals surface area contributed by atoms with Crippen LogP contribution in [0.25, 0.3) is 22.6 Å². The van der Waals surface area contributed by atoms with Crippen LogP contribution in [0, 0.1) is 0 Å². The molecular formula is C24H22N4O2. The smallest absolute Gasteiger partial charge is 0.241 e. The van der Waals surface area contributed by atoms with Crippen LogP contribution in [0.2, 0.25) is 0 Å². The molecule has 6 heteroatoms. The number of nitrogens with one attached hydrogen (secondary N) is 1. The second-order valence-electron chi connectivity index (χ2n) is 7.54. The molecule has 5 rings (SSSR count). The van der Waals surface area contributed by atoms with E-state index in [9.17, 15) is 4.79 Å². The summed E-state index contributed by atoms with van der Waals surface area (Å²) in [7, 11) is 0. The fraction of sp³-hybridized carbons (Fsp3) is 0.208. The zero-order chi connectivity index (χ0) is 20.3. The van der Waals surface area contributed by atoms with Crippen LogP contribution < -0.4 is 5.32 Å². The van der Waals surface area contributed by atoms with Crippen LogP contribution in [0.15, 0.2) is 77.5 Å². The zero-order valence-corrected chi connectivity index (χ0v) is 16.5. The summed E-state index contributed by atoms with van der Waals surface area (Å²) in [5.74, 6) is 0.610. The molecular weight excluding hydrogens is 376 g/mol. The summed E-state index contributed by atoms with van der Waals surface area (Å²) in [6.45, 7) is 1.66. The highest BCUT2D eigenvalue weighted by molar-refractivity contribution is 5.95. The monoisotopic (exact) mass is 398 g/mol. The van der Waals surface area contributed by atoms with Gasteiger partial charge in [-0.3, -0.25) is 14.7 Å². The molecule has 0 saturated carbocycles.